The second-order valence-corrected chi connectivity index (χ2v) is 28.1. The van der Waals surface area contributed by atoms with Crippen LogP contribution in [0.25, 0.3) is 41.7 Å². The van der Waals surface area contributed by atoms with Crippen molar-refractivity contribution in [2.75, 3.05) is 9.80 Å². The summed E-state index contributed by atoms with van der Waals surface area (Å²) in [5, 5.41) is 18.8. The largest absolute Gasteiger partial charge is 0.311 e. The van der Waals surface area contributed by atoms with E-state index < -0.39 is 16.1 Å². The molecule has 0 bridgehead atoms. The van der Waals surface area contributed by atoms with Gasteiger partial charge in [0.25, 0.3) is 0 Å². The van der Waals surface area contributed by atoms with E-state index in [1.165, 1.54) is 106 Å². The minimum absolute atomic E-state index is 1.16. The van der Waals surface area contributed by atoms with E-state index >= 15 is 0 Å². The minimum Gasteiger partial charge on any atom is -0.311 e. The molecule has 342 valence electrons. The maximum absolute atomic E-state index is 2.86. The van der Waals surface area contributed by atoms with Gasteiger partial charge in [-0.3, -0.25) is 0 Å². The van der Waals surface area contributed by atoms with Gasteiger partial charge in [-0.25, -0.2) is 0 Å². The summed E-state index contributed by atoms with van der Waals surface area (Å²) in [6, 6.07) is 106. The molecule has 0 aliphatic carbocycles. The van der Waals surface area contributed by atoms with Crippen LogP contribution in [0.3, 0.4) is 0 Å². The predicted octanol–water partition coefficient (Wildman–Crippen LogP) is 12.7. The van der Waals surface area contributed by atoms with Gasteiger partial charge in [-0.15, -0.1) is 11.3 Å². The standard InChI is InChI=1S/C68H46N2SSi2/c1-5-21-51(22-6-1)72(52-23-7-2-8-24-52)65-34-18-14-30-59(65)69(60-31-15-19-35-66(60)72)49-39-41-55-47(43-49)37-38-48-44-50(40-42-56(48)55)70-61-32-16-20-36-67(61)73(53-25-9-3-10-26-53,54-27-11-4-12-28-54)68-45-58-57-29-13-17-33-63(57)71-64(58)46-62(68)70/h1-46H. The highest BCUT2D eigenvalue weighted by atomic mass is 32.1. The van der Waals surface area contributed by atoms with Crippen LogP contribution in [0.5, 0.6) is 0 Å². The maximum Gasteiger partial charge on any atom is 0.184 e. The van der Waals surface area contributed by atoms with Gasteiger partial charge in [0.2, 0.25) is 0 Å². The van der Waals surface area contributed by atoms with E-state index in [-0.39, 0.29) is 0 Å². The Morgan fingerprint density at radius 1 is 0.247 bits per heavy atom. The van der Waals surface area contributed by atoms with Crippen LogP contribution in [0, 0.1) is 0 Å². The fraction of sp³-hybridized carbons (Fsp3) is 0. The molecule has 73 heavy (non-hydrogen) atoms. The van der Waals surface area contributed by atoms with Crippen LogP contribution in [0.4, 0.5) is 34.1 Å². The zero-order valence-electron chi connectivity index (χ0n) is 39.9. The average molecular weight is 979 g/mol. The van der Waals surface area contributed by atoms with Crippen molar-refractivity contribution >= 4 is 145 Å². The molecule has 0 radical (unpaired) electrons. The fourth-order valence-electron chi connectivity index (χ4n) is 13.0. The zero-order valence-corrected chi connectivity index (χ0v) is 42.7. The molecular weight excluding hydrogens is 933 g/mol. The first kappa shape index (κ1) is 42.1. The molecule has 12 aromatic carbocycles. The molecule has 0 saturated carbocycles. The number of anilines is 6. The van der Waals surface area contributed by atoms with E-state index in [0.717, 1.165) is 11.4 Å². The topological polar surface area (TPSA) is 6.48 Å². The highest BCUT2D eigenvalue weighted by Crippen LogP contribution is 2.45. The average Bonchev–Trinajstić information content (AvgIpc) is 3.84. The highest BCUT2D eigenvalue weighted by molar-refractivity contribution is 7.26. The summed E-state index contributed by atoms with van der Waals surface area (Å²) in [5.41, 5.74) is 7.31. The summed E-state index contributed by atoms with van der Waals surface area (Å²) in [5.74, 6) is 0. The molecule has 0 N–H and O–H groups in total. The Hall–Kier alpha value is -8.59. The van der Waals surface area contributed by atoms with Crippen LogP contribution in [0.15, 0.2) is 279 Å². The van der Waals surface area contributed by atoms with E-state index in [4.69, 9.17) is 0 Å². The number of para-hydroxylation sites is 3. The van der Waals surface area contributed by atoms with Crippen molar-refractivity contribution in [3.05, 3.63) is 279 Å². The first-order chi connectivity index (χ1) is 36.2. The molecule has 0 amide bonds. The molecule has 0 saturated heterocycles. The minimum atomic E-state index is -2.86. The Balaban J connectivity index is 0.903. The Bertz CT molecular complexity index is 4160. The van der Waals surface area contributed by atoms with Gasteiger partial charge in [-0.2, -0.15) is 0 Å². The summed E-state index contributed by atoms with van der Waals surface area (Å²) in [4.78, 5) is 5.08. The molecule has 13 aromatic rings. The number of benzene rings is 12. The summed E-state index contributed by atoms with van der Waals surface area (Å²) in [6.45, 7) is 0. The molecule has 2 nitrogen and oxygen atoms in total. The molecule has 1 aromatic heterocycles. The monoisotopic (exact) mass is 978 g/mol. The van der Waals surface area contributed by atoms with Crippen molar-refractivity contribution in [3.8, 4) is 0 Å². The van der Waals surface area contributed by atoms with Gasteiger partial charge in [-0.1, -0.05) is 224 Å². The number of fused-ring (bicyclic) bond motifs is 10. The Labute approximate surface area is 431 Å². The highest BCUT2D eigenvalue weighted by Gasteiger charge is 2.50. The van der Waals surface area contributed by atoms with Crippen molar-refractivity contribution < 1.29 is 0 Å². The summed E-state index contributed by atoms with van der Waals surface area (Å²) in [7, 11) is -5.58. The molecular formula is C68H46N2SSi2. The third-order valence-corrected chi connectivity index (χ3v) is 26.8. The van der Waals surface area contributed by atoms with Gasteiger partial charge in [0.05, 0.1) is 0 Å². The predicted molar refractivity (Wildman–Crippen MR) is 318 cm³/mol. The van der Waals surface area contributed by atoms with E-state index in [1.807, 2.05) is 11.3 Å². The second kappa shape index (κ2) is 16.5. The van der Waals surface area contributed by atoms with Crippen molar-refractivity contribution in [2.45, 2.75) is 0 Å². The van der Waals surface area contributed by atoms with Crippen molar-refractivity contribution in [1.82, 2.24) is 0 Å². The Morgan fingerprint density at radius 3 is 1.10 bits per heavy atom. The lowest BCUT2D eigenvalue weighted by atomic mass is 10.00. The third kappa shape index (κ3) is 6.08. The Morgan fingerprint density at radius 2 is 0.630 bits per heavy atom. The van der Waals surface area contributed by atoms with Crippen LogP contribution < -0.4 is 51.3 Å². The second-order valence-electron chi connectivity index (χ2n) is 19.5. The van der Waals surface area contributed by atoms with E-state index in [2.05, 4.69) is 289 Å². The molecule has 2 aliphatic heterocycles. The lowest BCUT2D eigenvalue weighted by Crippen LogP contribution is -2.77. The Kier molecular flexibility index (Phi) is 9.51. The normalized spacial score (nSPS) is 14.2. The van der Waals surface area contributed by atoms with Crippen LogP contribution in [0.1, 0.15) is 0 Å². The molecule has 2 aliphatic rings. The molecule has 3 heterocycles. The third-order valence-electron chi connectivity index (χ3n) is 15.9. The molecule has 0 atom stereocenters. The number of hydrogen-bond acceptors (Lipinski definition) is 3. The number of hydrogen-bond donors (Lipinski definition) is 0. The van der Waals surface area contributed by atoms with Gasteiger partial charge < -0.3 is 9.80 Å². The molecule has 15 rings (SSSR count). The lowest BCUT2D eigenvalue weighted by Gasteiger charge is -2.45. The number of thiophene rings is 1. The van der Waals surface area contributed by atoms with Crippen LogP contribution >= 0.6 is 11.3 Å². The van der Waals surface area contributed by atoms with E-state index in [9.17, 15) is 0 Å². The fourth-order valence-corrected chi connectivity index (χ4v) is 24.3. The molecule has 0 spiro atoms. The van der Waals surface area contributed by atoms with Gasteiger partial charge in [0.1, 0.15) is 0 Å². The van der Waals surface area contributed by atoms with Crippen molar-refractivity contribution in [1.29, 1.82) is 0 Å². The zero-order chi connectivity index (χ0) is 48.1. The van der Waals surface area contributed by atoms with Gasteiger partial charge in [-0.05, 0) is 118 Å². The quantitative estimate of drug-likeness (QED) is 0.121. The SMILES string of the molecule is c1ccc([Si]2(c3ccccc3)c3ccccc3N(c3ccc4c(ccc5cc(N6c7ccccc7[Si](c7ccccc7)(c7ccccc7)c7cc8c(cc76)sc6ccccc68)ccc54)c3)c3ccccc32)cc1. The van der Waals surface area contributed by atoms with Crippen LogP contribution in [-0.2, 0) is 0 Å². The van der Waals surface area contributed by atoms with Crippen LogP contribution in [0.2, 0.25) is 0 Å². The van der Waals surface area contributed by atoms with Crippen molar-refractivity contribution in [3.63, 3.8) is 0 Å². The summed E-state index contributed by atoms with van der Waals surface area (Å²) < 4.78 is 2.63. The van der Waals surface area contributed by atoms with Crippen LogP contribution in [-0.4, -0.2) is 16.1 Å². The number of nitrogens with zero attached hydrogens (tertiary/aromatic N) is 2. The maximum atomic E-state index is 2.58. The van der Waals surface area contributed by atoms with Gasteiger partial charge in [0.15, 0.2) is 16.1 Å². The van der Waals surface area contributed by atoms with Gasteiger partial charge in [0, 0.05) is 54.3 Å². The lowest BCUT2D eigenvalue weighted by molar-refractivity contribution is 1.29. The van der Waals surface area contributed by atoms with Crippen molar-refractivity contribution in [2.24, 2.45) is 0 Å². The molecule has 0 unspecified atom stereocenters. The first-order valence-corrected chi connectivity index (χ1v) is 30.1. The first-order valence-electron chi connectivity index (χ1n) is 25.2. The van der Waals surface area contributed by atoms with E-state index in [0.29, 0.717) is 0 Å². The smallest absolute Gasteiger partial charge is 0.184 e. The van der Waals surface area contributed by atoms with Gasteiger partial charge >= 0.3 is 0 Å². The number of rotatable bonds is 6. The van der Waals surface area contributed by atoms with E-state index in [1.54, 1.807) is 0 Å². The summed E-state index contributed by atoms with van der Waals surface area (Å²) >= 11 is 1.90. The molecule has 5 heteroatoms. The summed E-state index contributed by atoms with van der Waals surface area (Å²) in [6.07, 6.45) is 0. The molecule has 0 fully saturated rings.